The van der Waals surface area contributed by atoms with E-state index in [0.717, 1.165) is 12.0 Å². The molecule has 2 amide bonds. The molecule has 3 rings (SSSR count). The molecule has 0 aliphatic carbocycles. The third-order valence-electron chi connectivity index (χ3n) is 3.82. The largest absolute Gasteiger partial charge is 0.371 e. The Labute approximate surface area is 139 Å². The van der Waals surface area contributed by atoms with Crippen molar-refractivity contribution in [2.75, 3.05) is 6.61 Å². The minimum Gasteiger partial charge on any atom is -0.371 e. The summed E-state index contributed by atoms with van der Waals surface area (Å²) in [6.07, 6.45) is 2.06. The number of hydrogen-bond donors (Lipinski definition) is 2. The molecule has 1 aromatic heterocycles. The molecule has 0 spiro atoms. The quantitative estimate of drug-likeness (QED) is 0.892. The molecule has 0 unspecified atom stereocenters. The lowest BCUT2D eigenvalue weighted by Gasteiger charge is -2.20. The summed E-state index contributed by atoms with van der Waals surface area (Å²) in [6.45, 7) is 0.934. The third-order valence-corrected chi connectivity index (χ3v) is 4.07. The molecule has 1 saturated heterocycles. The average Bonchev–Trinajstić information content (AvgIpc) is 3.15. The van der Waals surface area contributed by atoms with Gasteiger partial charge in [-0.2, -0.15) is 5.10 Å². The summed E-state index contributed by atoms with van der Waals surface area (Å²) in [5.74, 6) is 0.692. The van der Waals surface area contributed by atoms with Crippen molar-refractivity contribution in [3.63, 3.8) is 0 Å². The fourth-order valence-electron chi connectivity index (χ4n) is 2.58. The first-order valence-corrected chi connectivity index (χ1v) is 7.75. The minimum absolute atomic E-state index is 0.0735. The van der Waals surface area contributed by atoms with Crippen LogP contribution in [0.1, 0.15) is 23.9 Å². The molecule has 8 heteroatoms. The number of rotatable bonds is 4. The van der Waals surface area contributed by atoms with Gasteiger partial charge in [-0.1, -0.05) is 23.7 Å². The summed E-state index contributed by atoms with van der Waals surface area (Å²) >= 11 is 5.91. The van der Waals surface area contributed by atoms with Gasteiger partial charge in [-0.05, 0) is 24.1 Å². The molecule has 1 aliphatic heterocycles. The molecule has 0 radical (unpaired) electrons. The average molecular weight is 336 g/mol. The van der Waals surface area contributed by atoms with Crippen molar-refractivity contribution in [3.05, 3.63) is 47.0 Å². The van der Waals surface area contributed by atoms with Crippen LogP contribution in [-0.2, 0) is 18.3 Å². The predicted octanol–water partition coefficient (Wildman–Crippen LogP) is 1.80. The molecule has 7 nitrogen and oxygen atoms in total. The number of aryl methyl sites for hydroxylation is 1. The Bertz CT molecular complexity index is 673. The first-order valence-electron chi connectivity index (χ1n) is 7.38. The van der Waals surface area contributed by atoms with E-state index in [1.54, 1.807) is 11.7 Å². The first-order chi connectivity index (χ1) is 11.1. The van der Waals surface area contributed by atoms with Gasteiger partial charge in [0.15, 0.2) is 0 Å². The Kier molecular flexibility index (Phi) is 4.78. The Morgan fingerprint density at radius 2 is 2.22 bits per heavy atom. The second-order valence-corrected chi connectivity index (χ2v) is 5.80. The van der Waals surface area contributed by atoms with Crippen molar-refractivity contribution in [1.82, 2.24) is 25.4 Å². The van der Waals surface area contributed by atoms with E-state index in [0.29, 0.717) is 24.0 Å². The normalized spacial score (nSPS) is 20.4. The minimum atomic E-state index is -0.248. The second kappa shape index (κ2) is 6.97. The van der Waals surface area contributed by atoms with Gasteiger partial charge in [-0.25, -0.2) is 9.78 Å². The number of halogens is 1. The number of carbonyl (C=O) groups is 1. The molecule has 2 atom stereocenters. The van der Waals surface area contributed by atoms with E-state index in [2.05, 4.69) is 20.7 Å². The highest BCUT2D eigenvalue weighted by atomic mass is 35.5. The highest BCUT2D eigenvalue weighted by molar-refractivity contribution is 6.30. The van der Waals surface area contributed by atoms with Crippen molar-refractivity contribution >= 4 is 17.6 Å². The van der Waals surface area contributed by atoms with E-state index in [1.807, 2.05) is 24.3 Å². The number of hydrogen-bond acceptors (Lipinski definition) is 4. The zero-order valence-electron chi connectivity index (χ0n) is 12.7. The summed E-state index contributed by atoms with van der Waals surface area (Å²) in [4.78, 5) is 16.1. The SMILES string of the molecule is Cn1ncnc1CNC(=O)N[C@@H]1CCO[C@@H]1c1ccc(Cl)cc1. The molecule has 2 aromatic rings. The topological polar surface area (TPSA) is 81.1 Å². The molecule has 2 heterocycles. The van der Waals surface area contributed by atoms with Crippen molar-refractivity contribution in [1.29, 1.82) is 0 Å². The molecular weight excluding hydrogens is 318 g/mol. The molecule has 122 valence electrons. The number of nitrogens with one attached hydrogen (secondary N) is 2. The molecule has 0 saturated carbocycles. The number of benzene rings is 1. The maximum absolute atomic E-state index is 12.1. The van der Waals surface area contributed by atoms with Crippen LogP contribution in [0, 0.1) is 0 Å². The van der Waals surface area contributed by atoms with Crippen LogP contribution in [0.4, 0.5) is 4.79 Å². The van der Waals surface area contributed by atoms with Crippen LogP contribution in [0.5, 0.6) is 0 Å². The fraction of sp³-hybridized carbons (Fsp3) is 0.400. The van der Waals surface area contributed by atoms with E-state index in [1.165, 1.54) is 6.33 Å². The van der Waals surface area contributed by atoms with Gasteiger partial charge in [-0.3, -0.25) is 4.68 Å². The van der Waals surface area contributed by atoms with Crippen molar-refractivity contribution < 1.29 is 9.53 Å². The molecular formula is C15H18ClN5O2. The van der Waals surface area contributed by atoms with Crippen LogP contribution in [0.15, 0.2) is 30.6 Å². The zero-order valence-corrected chi connectivity index (χ0v) is 13.5. The number of aromatic nitrogens is 3. The Balaban J connectivity index is 1.56. The third kappa shape index (κ3) is 3.80. The van der Waals surface area contributed by atoms with Crippen molar-refractivity contribution in [3.8, 4) is 0 Å². The second-order valence-electron chi connectivity index (χ2n) is 5.37. The van der Waals surface area contributed by atoms with Crippen molar-refractivity contribution in [2.24, 2.45) is 7.05 Å². The standard InChI is InChI=1S/C15H18ClN5O2/c1-21-13(18-9-19-21)8-17-15(22)20-12-6-7-23-14(12)10-2-4-11(16)5-3-10/h2-5,9,12,14H,6-8H2,1H3,(H2,17,20,22)/t12-,14-/m1/s1. The number of ether oxygens (including phenoxy) is 1. The number of nitrogens with zero attached hydrogens (tertiary/aromatic N) is 3. The lowest BCUT2D eigenvalue weighted by atomic mass is 10.0. The predicted molar refractivity (Wildman–Crippen MR) is 84.9 cm³/mol. The van der Waals surface area contributed by atoms with Crippen LogP contribution in [0.25, 0.3) is 0 Å². The summed E-state index contributed by atoms with van der Waals surface area (Å²) < 4.78 is 7.37. The van der Waals surface area contributed by atoms with Crippen LogP contribution < -0.4 is 10.6 Å². The number of amides is 2. The zero-order chi connectivity index (χ0) is 16.2. The smallest absolute Gasteiger partial charge is 0.315 e. The lowest BCUT2D eigenvalue weighted by molar-refractivity contribution is 0.0999. The van der Waals surface area contributed by atoms with Gasteiger partial charge in [0.25, 0.3) is 0 Å². The van der Waals surface area contributed by atoms with Crippen LogP contribution >= 0.6 is 11.6 Å². The molecule has 2 N–H and O–H groups in total. The molecule has 1 fully saturated rings. The van der Waals surface area contributed by atoms with Gasteiger partial charge in [0, 0.05) is 18.7 Å². The molecule has 1 aromatic carbocycles. The number of urea groups is 1. The van der Waals surface area contributed by atoms with Gasteiger partial charge < -0.3 is 15.4 Å². The Hall–Kier alpha value is -2.12. The number of carbonyl (C=O) groups excluding carboxylic acids is 1. The summed E-state index contributed by atoms with van der Waals surface area (Å²) in [7, 11) is 1.78. The van der Waals surface area contributed by atoms with Gasteiger partial charge in [0.05, 0.1) is 12.6 Å². The maximum atomic E-state index is 12.1. The fourth-order valence-corrected chi connectivity index (χ4v) is 2.70. The van der Waals surface area contributed by atoms with Gasteiger partial charge in [0.2, 0.25) is 0 Å². The van der Waals surface area contributed by atoms with Crippen LogP contribution in [-0.4, -0.2) is 33.4 Å². The monoisotopic (exact) mass is 335 g/mol. The van der Waals surface area contributed by atoms with E-state index >= 15 is 0 Å². The van der Waals surface area contributed by atoms with E-state index in [4.69, 9.17) is 16.3 Å². The van der Waals surface area contributed by atoms with E-state index in [9.17, 15) is 4.79 Å². The van der Waals surface area contributed by atoms with Gasteiger partial charge in [-0.15, -0.1) is 0 Å². The highest BCUT2D eigenvalue weighted by Crippen LogP contribution is 2.29. The van der Waals surface area contributed by atoms with Gasteiger partial charge in [0.1, 0.15) is 18.3 Å². The maximum Gasteiger partial charge on any atom is 0.315 e. The Morgan fingerprint density at radius 1 is 1.43 bits per heavy atom. The Morgan fingerprint density at radius 3 is 2.91 bits per heavy atom. The summed E-state index contributed by atoms with van der Waals surface area (Å²) in [6, 6.07) is 7.17. The van der Waals surface area contributed by atoms with Crippen LogP contribution in [0.3, 0.4) is 0 Å². The van der Waals surface area contributed by atoms with Gasteiger partial charge >= 0.3 is 6.03 Å². The molecule has 1 aliphatic rings. The van der Waals surface area contributed by atoms with E-state index in [-0.39, 0.29) is 18.2 Å². The lowest BCUT2D eigenvalue weighted by Crippen LogP contribution is -2.43. The molecule has 0 bridgehead atoms. The van der Waals surface area contributed by atoms with Crippen molar-refractivity contribution in [2.45, 2.75) is 25.1 Å². The summed E-state index contributed by atoms with van der Waals surface area (Å²) in [5, 5.41) is 10.4. The highest BCUT2D eigenvalue weighted by Gasteiger charge is 2.30. The van der Waals surface area contributed by atoms with E-state index < -0.39 is 0 Å². The van der Waals surface area contributed by atoms with Crippen LogP contribution in [0.2, 0.25) is 5.02 Å². The first kappa shape index (κ1) is 15.8. The summed E-state index contributed by atoms with van der Waals surface area (Å²) in [5.41, 5.74) is 1.01. The molecule has 23 heavy (non-hydrogen) atoms.